The van der Waals surface area contributed by atoms with Crippen LogP contribution in [0.25, 0.3) is 11.4 Å². The predicted molar refractivity (Wildman–Crippen MR) is 116 cm³/mol. The molecule has 2 aromatic carbocycles. The topological polar surface area (TPSA) is 141 Å². The summed E-state index contributed by atoms with van der Waals surface area (Å²) in [5.41, 5.74) is 0.999. The van der Waals surface area contributed by atoms with Gasteiger partial charge in [-0.3, -0.25) is 14.6 Å². The lowest BCUT2D eigenvalue weighted by molar-refractivity contribution is -0.123. The smallest absolute Gasteiger partial charge is 0.263 e. The quantitative estimate of drug-likeness (QED) is 0.483. The molecule has 3 aromatic rings. The number of hydrogen-bond acceptors (Lipinski definition) is 12. The van der Waals surface area contributed by atoms with Crippen molar-refractivity contribution in [3.8, 4) is 34.4 Å². The Morgan fingerprint density at radius 3 is 2.54 bits per heavy atom. The minimum absolute atomic E-state index is 0.00346. The molecule has 1 aromatic heterocycles. The molecule has 4 heterocycles. The van der Waals surface area contributed by atoms with Crippen molar-refractivity contribution in [2.75, 3.05) is 25.9 Å². The first-order valence-electron chi connectivity index (χ1n) is 10.6. The van der Waals surface area contributed by atoms with Crippen LogP contribution in [0.3, 0.4) is 0 Å². The molecule has 0 N–H and O–H groups in total. The second-order valence-electron chi connectivity index (χ2n) is 7.85. The predicted octanol–water partition coefficient (Wildman–Crippen LogP) is 1.98. The van der Waals surface area contributed by atoms with Crippen LogP contribution in [0.5, 0.6) is 23.0 Å². The second-order valence-corrected chi connectivity index (χ2v) is 7.85. The van der Waals surface area contributed by atoms with Gasteiger partial charge in [0.2, 0.25) is 18.5 Å². The van der Waals surface area contributed by atoms with E-state index in [1.54, 1.807) is 36.4 Å². The number of amides is 2. The minimum atomic E-state index is -0.976. The summed E-state index contributed by atoms with van der Waals surface area (Å²) in [6, 6.07) is 8.20. The van der Waals surface area contributed by atoms with Crippen molar-refractivity contribution in [1.29, 1.82) is 0 Å². The molecule has 6 rings (SSSR count). The van der Waals surface area contributed by atoms with Crippen LogP contribution in [0.1, 0.15) is 5.89 Å². The number of nitrogens with zero attached hydrogens (tertiary/aromatic N) is 6. The van der Waals surface area contributed by atoms with Crippen molar-refractivity contribution in [1.82, 2.24) is 15.1 Å². The molecule has 0 bridgehead atoms. The number of fused-ring (bicyclic) bond motifs is 2. The molecule has 2 amide bonds. The van der Waals surface area contributed by atoms with Crippen molar-refractivity contribution < 1.29 is 33.1 Å². The zero-order valence-electron chi connectivity index (χ0n) is 18.6. The second kappa shape index (κ2) is 7.97. The molecule has 13 nitrogen and oxygen atoms in total. The summed E-state index contributed by atoms with van der Waals surface area (Å²) in [5.74, 6) is 1.70. The first-order chi connectivity index (χ1) is 17.1. The fourth-order valence-electron chi connectivity index (χ4n) is 4.14. The molecule has 3 aliphatic rings. The van der Waals surface area contributed by atoms with Gasteiger partial charge in [-0.15, -0.1) is 0 Å². The maximum atomic E-state index is 13.3. The van der Waals surface area contributed by atoms with Crippen LogP contribution in [-0.2, 0) is 16.1 Å². The van der Waals surface area contributed by atoms with Gasteiger partial charge in [0.1, 0.15) is 18.0 Å². The van der Waals surface area contributed by atoms with E-state index in [0.717, 1.165) is 4.90 Å². The van der Waals surface area contributed by atoms with E-state index in [-0.39, 0.29) is 19.2 Å². The highest BCUT2D eigenvalue weighted by molar-refractivity contribution is 6.25. The van der Waals surface area contributed by atoms with Crippen LogP contribution >= 0.6 is 0 Å². The van der Waals surface area contributed by atoms with Gasteiger partial charge in [0, 0.05) is 23.8 Å². The van der Waals surface area contributed by atoms with E-state index < -0.39 is 23.9 Å². The fraction of sp³-hybridized carbons (Fsp3) is 0.273. The number of rotatable bonds is 6. The van der Waals surface area contributed by atoms with Gasteiger partial charge < -0.3 is 23.5 Å². The summed E-state index contributed by atoms with van der Waals surface area (Å²) in [4.78, 5) is 31.8. The van der Waals surface area contributed by atoms with Gasteiger partial charge in [-0.2, -0.15) is 10.1 Å². The van der Waals surface area contributed by atoms with Gasteiger partial charge in [-0.05, 0) is 18.2 Å². The molecule has 0 unspecified atom stereocenters. The average molecular weight is 478 g/mol. The highest BCUT2D eigenvalue weighted by atomic mass is 16.7. The lowest BCUT2D eigenvalue weighted by Gasteiger charge is -2.20. The lowest BCUT2D eigenvalue weighted by atomic mass is 10.1. The average Bonchev–Trinajstić information content (AvgIpc) is 3.65. The molecule has 0 spiro atoms. The van der Waals surface area contributed by atoms with Crippen LogP contribution in [0, 0.1) is 0 Å². The van der Waals surface area contributed by atoms with E-state index in [9.17, 15) is 9.59 Å². The standard InChI is InChI=1S/C22H18N6O7/c1-31-13-6-12(7-14(8-13)32-2)28-21(29)18-19(22(28)30)27(26-24-18)9-17-23-20(25-35-17)11-3-4-15-16(5-11)34-10-33-15/h3-8,18-19H,9-10H2,1-2H3/t18-,19+/m0/s1. The molecule has 0 radical (unpaired) electrons. The fourth-order valence-corrected chi connectivity index (χ4v) is 4.14. The largest absolute Gasteiger partial charge is 0.497 e. The van der Waals surface area contributed by atoms with Gasteiger partial charge in [0.15, 0.2) is 23.6 Å². The monoisotopic (exact) mass is 478 g/mol. The summed E-state index contributed by atoms with van der Waals surface area (Å²) in [6.07, 6.45) is 0. The van der Waals surface area contributed by atoms with E-state index in [1.807, 2.05) is 0 Å². The molecule has 0 aliphatic carbocycles. The zero-order valence-corrected chi connectivity index (χ0v) is 18.6. The summed E-state index contributed by atoms with van der Waals surface area (Å²) in [7, 11) is 2.97. The normalized spacial score (nSPS) is 20.1. The number of carbonyl (C=O) groups excluding carboxylic acids is 2. The van der Waals surface area contributed by atoms with Gasteiger partial charge in [-0.1, -0.05) is 10.4 Å². The first kappa shape index (κ1) is 20.9. The number of hydrogen-bond donors (Lipinski definition) is 0. The zero-order chi connectivity index (χ0) is 24.1. The van der Waals surface area contributed by atoms with Crippen LogP contribution < -0.4 is 23.8 Å². The molecule has 0 saturated carbocycles. The van der Waals surface area contributed by atoms with Crippen LogP contribution in [0.15, 0.2) is 51.3 Å². The summed E-state index contributed by atoms with van der Waals surface area (Å²) >= 11 is 0. The number of methoxy groups -OCH3 is 2. The number of anilines is 1. The molecule has 3 aliphatic heterocycles. The van der Waals surface area contributed by atoms with Crippen molar-refractivity contribution in [2.24, 2.45) is 10.3 Å². The molecule has 178 valence electrons. The Kier molecular flexibility index (Phi) is 4.76. The Labute approximate surface area is 197 Å². The number of ether oxygens (including phenoxy) is 4. The maximum absolute atomic E-state index is 13.3. The van der Waals surface area contributed by atoms with Gasteiger partial charge in [0.05, 0.1) is 19.9 Å². The molecule has 2 atom stereocenters. The molecular weight excluding hydrogens is 460 g/mol. The highest BCUT2D eigenvalue weighted by Crippen LogP contribution is 2.37. The highest BCUT2D eigenvalue weighted by Gasteiger charge is 2.55. The Morgan fingerprint density at radius 2 is 1.77 bits per heavy atom. The van der Waals surface area contributed by atoms with E-state index in [0.29, 0.717) is 40.1 Å². The first-order valence-corrected chi connectivity index (χ1v) is 10.6. The van der Waals surface area contributed by atoms with E-state index in [1.165, 1.54) is 19.2 Å². The van der Waals surface area contributed by atoms with E-state index in [4.69, 9.17) is 23.5 Å². The Bertz CT molecular complexity index is 1350. The van der Waals surface area contributed by atoms with E-state index in [2.05, 4.69) is 20.5 Å². The van der Waals surface area contributed by atoms with Crippen molar-refractivity contribution >= 4 is 17.5 Å². The van der Waals surface area contributed by atoms with Crippen molar-refractivity contribution in [2.45, 2.75) is 18.6 Å². The van der Waals surface area contributed by atoms with Crippen LogP contribution in [0.4, 0.5) is 5.69 Å². The van der Waals surface area contributed by atoms with Crippen LogP contribution in [0.2, 0.25) is 0 Å². The number of benzene rings is 2. The van der Waals surface area contributed by atoms with E-state index >= 15 is 0 Å². The van der Waals surface area contributed by atoms with Crippen molar-refractivity contribution in [3.05, 3.63) is 42.3 Å². The Morgan fingerprint density at radius 1 is 1.00 bits per heavy atom. The van der Waals surface area contributed by atoms with Gasteiger partial charge in [-0.25, -0.2) is 4.90 Å². The maximum Gasteiger partial charge on any atom is 0.263 e. The Hall–Kier alpha value is -4.68. The lowest BCUT2D eigenvalue weighted by Crippen LogP contribution is -2.39. The van der Waals surface area contributed by atoms with Crippen LogP contribution in [-0.4, -0.2) is 60.1 Å². The number of aromatic nitrogens is 2. The third kappa shape index (κ3) is 3.39. The molecule has 1 saturated heterocycles. The van der Waals surface area contributed by atoms with Gasteiger partial charge in [0.25, 0.3) is 11.8 Å². The molecule has 35 heavy (non-hydrogen) atoms. The third-order valence-corrected chi connectivity index (χ3v) is 5.85. The Balaban J connectivity index is 1.23. The minimum Gasteiger partial charge on any atom is -0.497 e. The molecule has 13 heteroatoms. The molecular formula is C22H18N6O7. The van der Waals surface area contributed by atoms with Crippen molar-refractivity contribution in [3.63, 3.8) is 0 Å². The molecule has 1 fully saturated rings. The summed E-state index contributed by atoms with van der Waals surface area (Å²) in [5, 5.41) is 13.4. The summed E-state index contributed by atoms with van der Waals surface area (Å²) in [6.45, 7) is 0.154. The SMILES string of the molecule is COc1cc(OC)cc(N2C(=O)[C@H]3N=NN(Cc4nc(-c5ccc6c(c5)OCO6)no4)[C@H]3C2=O)c1. The summed E-state index contributed by atoms with van der Waals surface area (Å²) < 4.78 is 26.6. The number of carbonyl (C=O) groups is 2. The van der Waals surface area contributed by atoms with Gasteiger partial charge >= 0.3 is 0 Å². The third-order valence-electron chi connectivity index (χ3n) is 5.85. The number of imide groups is 1.